The maximum absolute atomic E-state index is 6.20. The molecule has 1 heterocycles. The van der Waals surface area contributed by atoms with Crippen LogP contribution in [0.1, 0.15) is 0 Å². The molecule has 0 spiro atoms. The number of furan rings is 1. The Morgan fingerprint density at radius 3 is 1.51 bits per heavy atom. The summed E-state index contributed by atoms with van der Waals surface area (Å²) in [4.78, 5) is 0. The van der Waals surface area contributed by atoms with Crippen molar-refractivity contribution in [3.63, 3.8) is 0 Å². The molecule has 0 saturated heterocycles. The SMILES string of the molecule is c1ccc(-c2c(-c3cccc(-c4c5ccccc5c(-c5ccc6oc7ccccc7c6c5)c5ccccc45)c3)ccc3ccccc23)cc1. The van der Waals surface area contributed by atoms with Crippen LogP contribution in [0.3, 0.4) is 0 Å². The van der Waals surface area contributed by atoms with Gasteiger partial charge in [-0.15, -0.1) is 0 Å². The Bertz CT molecular complexity index is 2820. The predicted molar refractivity (Wildman–Crippen MR) is 208 cm³/mol. The summed E-state index contributed by atoms with van der Waals surface area (Å²) in [5.74, 6) is 0. The summed E-state index contributed by atoms with van der Waals surface area (Å²) in [6.45, 7) is 0. The van der Waals surface area contributed by atoms with Crippen LogP contribution in [-0.4, -0.2) is 0 Å². The number of fused-ring (bicyclic) bond motifs is 6. The van der Waals surface area contributed by atoms with Crippen molar-refractivity contribution in [1.29, 1.82) is 0 Å². The number of benzene rings is 9. The van der Waals surface area contributed by atoms with E-state index in [0.717, 1.165) is 21.9 Å². The molecule has 1 heteroatoms. The van der Waals surface area contributed by atoms with E-state index in [-0.39, 0.29) is 0 Å². The van der Waals surface area contributed by atoms with Gasteiger partial charge in [0.2, 0.25) is 0 Å². The lowest BCUT2D eigenvalue weighted by Crippen LogP contribution is -1.92. The summed E-state index contributed by atoms with van der Waals surface area (Å²) in [7, 11) is 0. The molecule has 0 aliphatic carbocycles. The van der Waals surface area contributed by atoms with Gasteiger partial charge < -0.3 is 4.42 Å². The maximum Gasteiger partial charge on any atom is 0.135 e. The van der Waals surface area contributed by atoms with Gasteiger partial charge in [0.15, 0.2) is 0 Å². The van der Waals surface area contributed by atoms with Gasteiger partial charge in [-0.2, -0.15) is 0 Å². The highest BCUT2D eigenvalue weighted by atomic mass is 16.3. The van der Waals surface area contributed by atoms with Gasteiger partial charge >= 0.3 is 0 Å². The Morgan fingerprint density at radius 2 is 0.796 bits per heavy atom. The minimum atomic E-state index is 0.913. The van der Waals surface area contributed by atoms with E-state index < -0.39 is 0 Å². The van der Waals surface area contributed by atoms with Gasteiger partial charge in [-0.3, -0.25) is 0 Å². The highest BCUT2D eigenvalue weighted by Gasteiger charge is 2.19. The smallest absolute Gasteiger partial charge is 0.135 e. The van der Waals surface area contributed by atoms with E-state index in [2.05, 4.69) is 170 Å². The molecule has 10 aromatic rings. The van der Waals surface area contributed by atoms with Crippen molar-refractivity contribution in [1.82, 2.24) is 0 Å². The van der Waals surface area contributed by atoms with E-state index in [0.29, 0.717) is 0 Å². The van der Waals surface area contributed by atoms with Crippen LogP contribution in [-0.2, 0) is 0 Å². The van der Waals surface area contributed by atoms with Gasteiger partial charge in [-0.05, 0) is 101 Å². The molecule has 0 aliphatic rings. The molecule has 0 aliphatic heterocycles. The molecule has 228 valence electrons. The zero-order chi connectivity index (χ0) is 32.3. The quantitative estimate of drug-likeness (QED) is 0.178. The third-order valence-corrected chi connectivity index (χ3v) is 10.1. The predicted octanol–water partition coefficient (Wildman–Crippen LogP) is 13.7. The maximum atomic E-state index is 6.20. The van der Waals surface area contributed by atoms with Crippen LogP contribution < -0.4 is 0 Å². The first-order chi connectivity index (χ1) is 24.3. The van der Waals surface area contributed by atoms with Crippen LogP contribution in [0.4, 0.5) is 0 Å². The Kier molecular flexibility index (Phi) is 6.25. The molecule has 0 bridgehead atoms. The van der Waals surface area contributed by atoms with E-state index in [1.807, 2.05) is 12.1 Å². The monoisotopic (exact) mass is 622 g/mol. The first-order valence-electron chi connectivity index (χ1n) is 16.8. The van der Waals surface area contributed by atoms with Crippen molar-refractivity contribution < 1.29 is 4.42 Å². The van der Waals surface area contributed by atoms with Crippen LogP contribution in [0.5, 0.6) is 0 Å². The lowest BCUT2D eigenvalue weighted by molar-refractivity contribution is 0.669. The van der Waals surface area contributed by atoms with Gasteiger partial charge in [-0.25, -0.2) is 0 Å². The molecule has 0 N–H and O–H groups in total. The van der Waals surface area contributed by atoms with Gasteiger partial charge in [-0.1, -0.05) is 158 Å². The fraction of sp³-hybridized carbons (Fsp3) is 0. The summed E-state index contributed by atoms with van der Waals surface area (Å²) < 4.78 is 6.20. The molecule has 0 unspecified atom stereocenters. The van der Waals surface area contributed by atoms with Crippen LogP contribution >= 0.6 is 0 Å². The van der Waals surface area contributed by atoms with Crippen LogP contribution in [0.2, 0.25) is 0 Å². The fourth-order valence-corrected chi connectivity index (χ4v) is 7.90. The molecular weight excluding hydrogens is 593 g/mol. The number of hydrogen-bond acceptors (Lipinski definition) is 1. The second kappa shape index (κ2) is 11.1. The van der Waals surface area contributed by atoms with Crippen LogP contribution in [0, 0.1) is 0 Å². The minimum absolute atomic E-state index is 0.913. The molecule has 0 radical (unpaired) electrons. The standard InChI is InChI=1S/C48H30O/c1-2-14-32(15-3-1)46-36-18-5-4-13-31(36)25-27-37(46)33-16-12-17-34(29-33)47-39-20-6-8-22-41(39)48(42-23-9-7-21-40(42)47)35-26-28-45-43(30-35)38-19-10-11-24-44(38)49-45/h1-30H. The molecular formula is C48H30O. The third kappa shape index (κ3) is 4.40. The molecule has 10 rings (SSSR count). The van der Waals surface area contributed by atoms with Gasteiger partial charge in [0.1, 0.15) is 11.2 Å². The molecule has 1 aromatic heterocycles. The zero-order valence-electron chi connectivity index (χ0n) is 26.7. The van der Waals surface area contributed by atoms with Gasteiger partial charge in [0.25, 0.3) is 0 Å². The van der Waals surface area contributed by atoms with Crippen molar-refractivity contribution in [2.75, 3.05) is 0 Å². The second-order valence-corrected chi connectivity index (χ2v) is 12.8. The highest BCUT2D eigenvalue weighted by molar-refractivity contribution is 6.22. The molecule has 0 fully saturated rings. The van der Waals surface area contributed by atoms with Crippen molar-refractivity contribution in [2.24, 2.45) is 0 Å². The first kappa shape index (κ1) is 27.7. The zero-order valence-corrected chi connectivity index (χ0v) is 26.7. The van der Waals surface area contributed by atoms with Crippen molar-refractivity contribution >= 4 is 54.3 Å². The summed E-state index contributed by atoms with van der Waals surface area (Å²) >= 11 is 0. The highest BCUT2D eigenvalue weighted by Crippen LogP contribution is 2.46. The average molecular weight is 623 g/mol. The molecule has 49 heavy (non-hydrogen) atoms. The largest absolute Gasteiger partial charge is 0.456 e. The van der Waals surface area contributed by atoms with Crippen molar-refractivity contribution in [3.8, 4) is 44.5 Å². The van der Waals surface area contributed by atoms with E-state index in [4.69, 9.17) is 4.42 Å². The normalized spacial score (nSPS) is 11.7. The Labute approximate surface area is 284 Å². The van der Waals surface area contributed by atoms with Crippen LogP contribution in [0.15, 0.2) is 186 Å². The van der Waals surface area contributed by atoms with Gasteiger partial charge in [0.05, 0.1) is 0 Å². The average Bonchev–Trinajstić information content (AvgIpc) is 3.55. The Morgan fingerprint density at radius 1 is 0.265 bits per heavy atom. The van der Waals surface area contributed by atoms with E-state index in [1.54, 1.807) is 0 Å². The summed E-state index contributed by atoms with van der Waals surface area (Å²) in [5, 5.41) is 9.76. The second-order valence-electron chi connectivity index (χ2n) is 12.8. The lowest BCUT2D eigenvalue weighted by Gasteiger charge is -2.19. The summed E-state index contributed by atoms with van der Waals surface area (Å²) in [6, 6.07) is 65.9. The molecule has 0 saturated carbocycles. The topological polar surface area (TPSA) is 13.1 Å². The van der Waals surface area contributed by atoms with Gasteiger partial charge in [0, 0.05) is 10.8 Å². The molecule has 0 amide bonds. The summed E-state index contributed by atoms with van der Waals surface area (Å²) in [5.41, 5.74) is 11.7. The van der Waals surface area contributed by atoms with E-state index >= 15 is 0 Å². The first-order valence-corrected chi connectivity index (χ1v) is 16.8. The van der Waals surface area contributed by atoms with E-state index in [1.165, 1.54) is 76.8 Å². The van der Waals surface area contributed by atoms with Crippen LogP contribution in [0.25, 0.3) is 98.8 Å². The lowest BCUT2D eigenvalue weighted by atomic mass is 9.84. The molecule has 0 atom stereocenters. The summed E-state index contributed by atoms with van der Waals surface area (Å²) in [6.07, 6.45) is 0. The number of para-hydroxylation sites is 1. The van der Waals surface area contributed by atoms with E-state index in [9.17, 15) is 0 Å². The minimum Gasteiger partial charge on any atom is -0.456 e. The Balaban J connectivity index is 1.23. The van der Waals surface area contributed by atoms with Crippen molar-refractivity contribution in [2.45, 2.75) is 0 Å². The Hall–Kier alpha value is -6.44. The number of hydrogen-bond donors (Lipinski definition) is 0. The molecule has 1 nitrogen and oxygen atoms in total. The number of rotatable bonds is 4. The fourth-order valence-electron chi connectivity index (χ4n) is 7.90. The third-order valence-electron chi connectivity index (χ3n) is 10.1. The van der Waals surface area contributed by atoms with Crippen molar-refractivity contribution in [3.05, 3.63) is 182 Å². The molecule has 9 aromatic carbocycles.